The van der Waals surface area contributed by atoms with E-state index in [4.69, 9.17) is 4.74 Å². The molecule has 6 nitrogen and oxygen atoms in total. The number of hydrogen-bond donors (Lipinski definition) is 3. The lowest BCUT2D eigenvalue weighted by Gasteiger charge is -2.23. The van der Waals surface area contributed by atoms with Crippen LogP contribution >= 0.6 is 0 Å². The van der Waals surface area contributed by atoms with E-state index in [1.165, 1.54) is 148 Å². The smallest absolute Gasteiger partial charge is 0.306 e. The van der Waals surface area contributed by atoms with E-state index in [0.29, 0.717) is 12.8 Å². The minimum Gasteiger partial charge on any atom is -0.458 e. The molecule has 6 heteroatoms. The summed E-state index contributed by atoms with van der Waals surface area (Å²) in [6, 6.07) is -0.732. The lowest BCUT2D eigenvalue weighted by molar-refractivity contribution is -0.148. The van der Waals surface area contributed by atoms with E-state index in [9.17, 15) is 19.8 Å². The molecule has 0 saturated carbocycles. The van der Waals surface area contributed by atoms with Crippen molar-refractivity contribution in [1.29, 1.82) is 0 Å². The van der Waals surface area contributed by atoms with Gasteiger partial charge in [-0.25, -0.2) is 0 Å². The van der Waals surface area contributed by atoms with Crippen molar-refractivity contribution in [3.63, 3.8) is 0 Å². The number of carbonyl (C=O) groups is 2. The molecule has 0 bridgehead atoms. The molecule has 57 heavy (non-hydrogen) atoms. The van der Waals surface area contributed by atoms with Gasteiger partial charge in [-0.2, -0.15) is 0 Å². The summed E-state index contributed by atoms with van der Waals surface area (Å²) in [7, 11) is 0. The molecule has 334 valence electrons. The fourth-order valence-corrected chi connectivity index (χ4v) is 7.39. The molecule has 0 fully saturated rings. The van der Waals surface area contributed by atoms with Gasteiger partial charge in [0.25, 0.3) is 0 Å². The van der Waals surface area contributed by atoms with Crippen LogP contribution in [0.3, 0.4) is 0 Å². The maximum Gasteiger partial charge on any atom is 0.306 e. The molecule has 0 radical (unpaired) electrons. The predicted octanol–water partition coefficient (Wildman–Crippen LogP) is 14.5. The molecule has 0 spiro atoms. The number of hydrogen-bond acceptors (Lipinski definition) is 5. The van der Waals surface area contributed by atoms with Crippen LogP contribution in [0.1, 0.15) is 252 Å². The number of amides is 1. The molecule has 0 aromatic rings. The molecule has 1 amide bonds. The number of aliphatic hydroxyl groups excluding tert-OH is 2. The Morgan fingerprint density at radius 3 is 1.39 bits per heavy atom. The zero-order chi connectivity index (χ0) is 41.7. The zero-order valence-electron chi connectivity index (χ0n) is 38.0. The second kappa shape index (κ2) is 45.2. The van der Waals surface area contributed by atoms with Crippen LogP contribution in [0.4, 0.5) is 0 Å². The van der Waals surface area contributed by atoms with Crippen LogP contribution in [0.15, 0.2) is 36.5 Å². The molecule has 0 heterocycles. The maximum absolute atomic E-state index is 13.1. The number of aliphatic hydroxyl groups is 2. The van der Waals surface area contributed by atoms with Gasteiger partial charge in [0.05, 0.1) is 25.2 Å². The van der Waals surface area contributed by atoms with Crippen molar-refractivity contribution in [2.24, 2.45) is 0 Å². The number of nitrogens with one attached hydrogen (secondary N) is 1. The third kappa shape index (κ3) is 40.6. The highest BCUT2D eigenvalue weighted by Crippen LogP contribution is 2.16. The molecular weight excluding hydrogens is 707 g/mol. The van der Waals surface area contributed by atoms with Crippen molar-refractivity contribution in [2.45, 2.75) is 270 Å². The summed E-state index contributed by atoms with van der Waals surface area (Å²) >= 11 is 0. The maximum atomic E-state index is 13.1. The molecule has 0 aliphatic rings. The summed E-state index contributed by atoms with van der Waals surface area (Å²) in [4.78, 5) is 26.0. The lowest BCUT2D eigenvalue weighted by Crippen LogP contribution is -2.46. The highest BCUT2D eigenvalue weighted by molar-refractivity contribution is 5.78. The Labute approximate surface area is 353 Å². The summed E-state index contributed by atoms with van der Waals surface area (Å²) in [5.74, 6) is -0.616. The van der Waals surface area contributed by atoms with E-state index in [2.05, 4.69) is 50.4 Å². The number of esters is 1. The number of allylic oxidation sites excluding steroid dienone is 5. The SMILES string of the molecule is CCCCCCCC/C=C\C/C=C/C(CC(=O)NC(CO)C(O)CCCCCCCCCCCCCCC)OC(=O)CCCCC/C=C\CCCCCCCCC. The molecule has 0 aromatic heterocycles. The third-order valence-corrected chi connectivity index (χ3v) is 11.2. The van der Waals surface area contributed by atoms with Crippen LogP contribution in [-0.4, -0.2) is 46.9 Å². The summed E-state index contributed by atoms with van der Waals surface area (Å²) in [6.45, 7) is 6.43. The van der Waals surface area contributed by atoms with Crippen LogP contribution in [-0.2, 0) is 14.3 Å². The Balaban J connectivity index is 4.64. The monoisotopic (exact) mass is 802 g/mol. The number of rotatable bonds is 44. The van der Waals surface area contributed by atoms with Crippen molar-refractivity contribution in [2.75, 3.05) is 6.61 Å². The molecule has 0 saturated heterocycles. The van der Waals surface area contributed by atoms with Crippen molar-refractivity contribution in [3.05, 3.63) is 36.5 Å². The first-order valence-electron chi connectivity index (χ1n) is 24.7. The summed E-state index contributed by atoms with van der Waals surface area (Å²) in [6.07, 6.45) is 52.3. The van der Waals surface area contributed by atoms with Gasteiger partial charge in [-0.15, -0.1) is 0 Å². The van der Waals surface area contributed by atoms with Crippen molar-refractivity contribution < 1.29 is 24.5 Å². The Kier molecular flexibility index (Phi) is 43.6. The average molecular weight is 802 g/mol. The third-order valence-electron chi connectivity index (χ3n) is 11.2. The Hall–Kier alpha value is -1.92. The summed E-state index contributed by atoms with van der Waals surface area (Å²) in [5.41, 5.74) is 0. The number of ether oxygens (including phenoxy) is 1. The quantitative estimate of drug-likeness (QED) is 0.0324. The van der Waals surface area contributed by atoms with E-state index in [0.717, 1.165) is 64.2 Å². The van der Waals surface area contributed by atoms with Gasteiger partial charge in [-0.1, -0.05) is 212 Å². The van der Waals surface area contributed by atoms with Crippen molar-refractivity contribution >= 4 is 11.9 Å². The van der Waals surface area contributed by atoms with Crippen LogP contribution < -0.4 is 5.32 Å². The van der Waals surface area contributed by atoms with Gasteiger partial charge in [0.2, 0.25) is 5.91 Å². The van der Waals surface area contributed by atoms with Gasteiger partial charge in [-0.3, -0.25) is 9.59 Å². The fourth-order valence-electron chi connectivity index (χ4n) is 7.39. The van der Waals surface area contributed by atoms with E-state index in [-0.39, 0.29) is 24.9 Å². The fraction of sp³-hybridized carbons (Fsp3) is 0.843. The minimum atomic E-state index is -0.810. The van der Waals surface area contributed by atoms with Crippen LogP contribution in [0.25, 0.3) is 0 Å². The molecule has 0 aliphatic heterocycles. The standard InChI is InChI=1S/C51H95NO5/c1-4-7-10-13-16-19-22-24-26-29-32-35-38-41-44-51(56)57-47(42-39-36-33-30-27-21-18-15-12-9-6-3)45-50(55)52-48(46-53)49(54)43-40-37-34-31-28-25-23-20-17-14-11-8-5-2/h26,29-30,33,39,42,47-49,53-54H,4-25,27-28,31-32,34-38,40-41,43-46H2,1-3H3,(H,52,55)/b29-26-,33-30-,42-39+. The first-order valence-corrected chi connectivity index (χ1v) is 24.7. The topological polar surface area (TPSA) is 95.9 Å². The normalized spacial score (nSPS) is 13.6. The highest BCUT2D eigenvalue weighted by atomic mass is 16.5. The molecule has 3 unspecified atom stereocenters. The van der Waals surface area contributed by atoms with Crippen molar-refractivity contribution in [3.8, 4) is 0 Å². The molecule has 0 aromatic carbocycles. The van der Waals surface area contributed by atoms with Gasteiger partial charge < -0.3 is 20.3 Å². The molecule has 3 atom stereocenters. The first-order chi connectivity index (χ1) is 28.0. The van der Waals surface area contributed by atoms with Crippen LogP contribution in [0.2, 0.25) is 0 Å². The summed E-state index contributed by atoms with van der Waals surface area (Å²) < 4.78 is 5.81. The van der Waals surface area contributed by atoms with Gasteiger partial charge in [0.1, 0.15) is 6.10 Å². The highest BCUT2D eigenvalue weighted by Gasteiger charge is 2.23. The Bertz CT molecular complexity index is 946. The average Bonchev–Trinajstić information content (AvgIpc) is 3.20. The second-order valence-electron chi connectivity index (χ2n) is 16.9. The lowest BCUT2D eigenvalue weighted by atomic mass is 10.0. The number of unbranched alkanes of at least 4 members (excludes halogenated alkanes) is 28. The Morgan fingerprint density at radius 1 is 0.526 bits per heavy atom. The predicted molar refractivity (Wildman–Crippen MR) is 246 cm³/mol. The molecule has 0 aliphatic carbocycles. The van der Waals surface area contributed by atoms with Crippen LogP contribution in [0, 0.1) is 0 Å². The summed E-state index contributed by atoms with van der Waals surface area (Å²) in [5, 5.41) is 23.6. The van der Waals surface area contributed by atoms with Gasteiger partial charge in [-0.05, 0) is 63.9 Å². The molecular formula is C51H95NO5. The minimum absolute atomic E-state index is 0.0325. The number of carbonyl (C=O) groups excluding carboxylic acids is 2. The first kappa shape index (κ1) is 55.1. The Morgan fingerprint density at radius 2 is 0.930 bits per heavy atom. The molecule has 3 N–H and O–H groups in total. The largest absolute Gasteiger partial charge is 0.458 e. The van der Waals surface area contributed by atoms with Crippen LogP contribution in [0.5, 0.6) is 0 Å². The van der Waals surface area contributed by atoms with Gasteiger partial charge >= 0.3 is 5.97 Å². The van der Waals surface area contributed by atoms with E-state index < -0.39 is 18.2 Å². The van der Waals surface area contributed by atoms with Gasteiger partial charge in [0.15, 0.2) is 0 Å². The van der Waals surface area contributed by atoms with Gasteiger partial charge in [0, 0.05) is 6.42 Å². The van der Waals surface area contributed by atoms with E-state index in [1.54, 1.807) is 0 Å². The van der Waals surface area contributed by atoms with E-state index in [1.807, 2.05) is 12.2 Å². The van der Waals surface area contributed by atoms with E-state index >= 15 is 0 Å². The molecule has 0 rings (SSSR count). The second-order valence-corrected chi connectivity index (χ2v) is 16.9. The zero-order valence-corrected chi connectivity index (χ0v) is 38.0. The van der Waals surface area contributed by atoms with Crippen molar-refractivity contribution in [1.82, 2.24) is 5.32 Å².